The molecule has 23 heavy (non-hydrogen) atoms. The number of imidazole rings is 1. The molecule has 1 aliphatic carbocycles. The van der Waals surface area contributed by atoms with E-state index in [9.17, 15) is 4.79 Å². The van der Waals surface area contributed by atoms with Gasteiger partial charge in [0.05, 0.1) is 24.8 Å². The summed E-state index contributed by atoms with van der Waals surface area (Å²) in [5.74, 6) is 0.769. The van der Waals surface area contributed by atoms with E-state index in [1.165, 1.54) is 24.9 Å². The minimum atomic E-state index is -0.00791. The monoisotopic (exact) mass is 315 g/mol. The smallest absolute Gasteiger partial charge is 0.272 e. The first-order valence-electron chi connectivity index (χ1n) is 8.10. The second kappa shape index (κ2) is 5.81. The number of carbonyl (C=O) groups is 1. The predicted octanol–water partition coefficient (Wildman–Crippen LogP) is 1.36. The van der Waals surface area contributed by atoms with Crippen LogP contribution in [0.5, 0.6) is 0 Å². The Morgan fingerprint density at radius 2 is 2.35 bits per heavy atom. The summed E-state index contributed by atoms with van der Waals surface area (Å²) in [5, 5.41) is 4.75. The highest BCUT2D eigenvalue weighted by Gasteiger charge is 2.30. The highest BCUT2D eigenvalue weighted by atomic mass is 16.5. The second-order valence-electron chi connectivity index (χ2n) is 6.37. The molecule has 0 aromatic carbocycles. The third-order valence-corrected chi connectivity index (χ3v) is 4.64. The summed E-state index contributed by atoms with van der Waals surface area (Å²) < 4.78 is 7.45. The van der Waals surface area contributed by atoms with Crippen molar-refractivity contribution in [1.82, 2.24) is 24.6 Å². The molecule has 2 aromatic rings. The third-order valence-electron chi connectivity index (χ3n) is 4.64. The number of methoxy groups -OCH3 is 1. The van der Waals surface area contributed by atoms with Gasteiger partial charge in [0.15, 0.2) is 0 Å². The SMILES string of the molecule is COCc1nn(CC2CC2)c2c1CN(C(=O)c1cnc[nH]1)CC2. The highest BCUT2D eigenvalue weighted by Crippen LogP contribution is 2.32. The fourth-order valence-electron chi connectivity index (χ4n) is 3.23. The fraction of sp³-hybridized carbons (Fsp3) is 0.562. The van der Waals surface area contributed by atoms with E-state index in [4.69, 9.17) is 9.84 Å². The Hall–Kier alpha value is -2.15. The molecule has 3 heterocycles. The van der Waals surface area contributed by atoms with Gasteiger partial charge in [0.2, 0.25) is 0 Å². The van der Waals surface area contributed by atoms with E-state index < -0.39 is 0 Å². The van der Waals surface area contributed by atoms with Gasteiger partial charge in [0, 0.05) is 44.4 Å². The molecule has 1 aliphatic heterocycles. The highest BCUT2D eigenvalue weighted by molar-refractivity contribution is 5.92. The lowest BCUT2D eigenvalue weighted by atomic mass is 10.0. The standard InChI is InChI=1S/C16H21N5O2/c1-23-9-14-12-8-20(16(22)13-6-17-10-18-13)5-4-15(12)21(19-14)7-11-2-3-11/h6,10-11H,2-5,7-9H2,1H3,(H,17,18). The maximum atomic E-state index is 12.5. The normalized spacial score (nSPS) is 17.3. The molecular formula is C16H21N5O2. The van der Waals surface area contributed by atoms with Crippen molar-refractivity contribution in [2.45, 2.75) is 39.0 Å². The van der Waals surface area contributed by atoms with Crippen molar-refractivity contribution >= 4 is 5.91 Å². The van der Waals surface area contributed by atoms with E-state index in [1.807, 2.05) is 4.90 Å². The molecule has 0 radical (unpaired) electrons. The van der Waals surface area contributed by atoms with Gasteiger partial charge in [-0.2, -0.15) is 5.10 Å². The predicted molar refractivity (Wildman–Crippen MR) is 82.7 cm³/mol. The first-order chi connectivity index (χ1) is 11.3. The molecule has 7 nitrogen and oxygen atoms in total. The van der Waals surface area contributed by atoms with Gasteiger partial charge in [0.1, 0.15) is 5.69 Å². The van der Waals surface area contributed by atoms with Crippen LogP contribution in [0.1, 0.15) is 40.3 Å². The molecule has 1 N–H and O–H groups in total. The lowest BCUT2D eigenvalue weighted by Gasteiger charge is -2.27. The first-order valence-corrected chi connectivity index (χ1v) is 8.10. The maximum Gasteiger partial charge on any atom is 0.272 e. The number of hydrogen-bond donors (Lipinski definition) is 1. The lowest BCUT2D eigenvalue weighted by Crippen LogP contribution is -2.36. The summed E-state index contributed by atoms with van der Waals surface area (Å²) in [6.45, 7) is 2.80. The zero-order valence-electron chi connectivity index (χ0n) is 13.3. The summed E-state index contributed by atoms with van der Waals surface area (Å²) in [6, 6.07) is 0. The topological polar surface area (TPSA) is 76.0 Å². The quantitative estimate of drug-likeness (QED) is 0.904. The van der Waals surface area contributed by atoms with Crippen LogP contribution in [0.15, 0.2) is 12.5 Å². The van der Waals surface area contributed by atoms with Crippen molar-refractivity contribution in [2.75, 3.05) is 13.7 Å². The molecule has 2 aromatic heterocycles. The van der Waals surface area contributed by atoms with Crippen molar-refractivity contribution in [3.8, 4) is 0 Å². The molecule has 0 spiro atoms. The van der Waals surface area contributed by atoms with Crippen molar-refractivity contribution in [2.24, 2.45) is 5.92 Å². The lowest BCUT2D eigenvalue weighted by molar-refractivity contribution is 0.0726. The van der Waals surface area contributed by atoms with Crippen molar-refractivity contribution < 1.29 is 9.53 Å². The number of fused-ring (bicyclic) bond motifs is 1. The summed E-state index contributed by atoms with van der Waals surface area (Å²) in [7, 11) is 1.68. The van der Waals surface area contributed by atoms with Gasteiger partial charge in [-0.1, -0.05) is 0 Å². The van der Waals surface area contributed by atoms with Crippen LogP contribution in [-0.4, -0.2) is 44.2 Å². The summed E-state index contributed by atoms with van der Waals surface area (Å²) in [4.78, 5) is 21.2. The molecule has 122 valence electrons. The van der Waals surface area contributed by atoms with Gasteiger partial charge in [0.25, 0.3) is 5.91 Å². The number of carbonyl (C=O) groups excluding carboxylic acids is 1. The molecule has 0 bridgehead atoms. The number of aromatic nitrogens is 4. The van der Waals surface area contributed by atoms with Gasteiger partial charge >= 0.3 is 0 Å². The molecule has 0 saturated heterocycles. The van der Waals surface area contributed by atoms with Crippen LogP contribution in [-0.2, 0) is 30.9 Å². The average molecular weight is 315 g/mol. The van der Waals surface area contributed by atoms with Gasteiger partial charge in [-0.3, -0.25) is 9.48 Å². The summed E-state index contributed by atoms with van der Waals surface area (Å²) in [6.07, 6.45) is 6.56. The van der Waals surface area contributed by atoms with Crippen LogP contribution in [0.2, 0.25) is 0 Å². The Kier molecular flexibility index (Phi) is 3.65. The van der Waals surface area contributed by atoms with Crippen molar-refractivity contribution in [3.63, 3.8) is 0 Å². The van der Waals surface area contributed by atoms with E-state index >= 15 is 0 Å². The Bertz CT molecular complexity index is 702. The minimum absolute atomic E-state index is 0.00791. The molecule has 1 amide bonds. The Balaban J connectivity index is 1.59. The number of aromatic amines is 1. The largest absolute Gasteiger partial charge is 0.378 e. The van der Waals surface area contributed by atoms with E-state index in [0.29, 0.717) is 25.4 Å². The summed E-state index contributed by atoms with van der Waals surface area (Å²) >= 11 is 0. The van der Waals surface area contributed by atoms with Crippen LogP contribution in [0.25, 0.3) is 0 Å². The van der Waals surface area contributed by atoms with Crippen LogP contribution in [0.4, 0.5) is 0 Å². The fourth-order valence-corrected chi connectivity index (χ4v) is 3.23. The first kappa shape index (κ1) is 14.4. The molecule has 7 heteroatoms. The molecule has 4 rings (SSSR count). The molecule has 0 unspecified atom stereocenters. The number of amides is 1. The molecular weight excluding hydrogens is 294 g/mol. The minimum Gasteiger partial charge on any atom is -0.378 e. The van der Waals surface area contributed by atoms with Crippen LogP contribution < -0.4 is 0 Å². The van der Waals surface area contributed by atoms with Crippen LogP contribution in [0.3, 0.4) is 0 Å². The summed E-state index contributed by atoms with van der Waals surface area (Å²) in [5.41, 5.74) is 3.93. The molecule has 0 atom stereocenters. The number of ether oxygens (including phenoxy) is 1. The molecule has 1 fully saturated rings. The van der Waals surface area contributed by atoms with E-state index in [0.717, 1.165) is 30.1 Å². The molecule has 2 aliphatic rings. The average Bonchev–Trinajstić information content (AvgIpc) is 3.09. The van der Waals surface area contributed by atoms with Crippen molar-refractivity contribution in [3.05, 3.63) is 35.2 Å². The molecule has 1 saturated carbocycles. The third kappa shape index (κ3) is 2.76. The van der Waals surface area contributed by atoms with E-state index in [2.05, 4.69) is 14.6 Å². The zero-order valence-corrected chi connectivity index (χ0v) is 13.3. The number of H-pyrrole nitrogens is 1. The van der Waals surface area contributed by atoms with E-state index in [-0.39, 0.29) is 5.91 Å². The van der Waals surface area contributed by atoms with Gasteiger partial charge < -0.3 is 14.6 Å². The Morgan fingerprint density at radius 3 is 3.04 bits per heavy atom. The van der Waals surface area contributed by atoms with Crippen LogP contribution >= 0.6 is 0 Å². The second-order valence-corrected chi connectivity index (χ2v) is 6.37. The van der Waals surface area contributed by atoms with E-state index in [1.54, 1.807) is 13.3 Å². The van der Waals surface area contributed by atoms with Gasteiger partial charge in [-0.15, -0.1) is 0 Å². The van der Waals surface area contributed by atoms with Crippen LogP contribution in [0, 0.1) is 5.92 Å². The number of hydrogen-bond acceptors (Lipinski definition) is 4. The Labute approximate surface area is 134 Å². The van der Waals surface area contributed by atoms with Gasteiger partial charge in [-0.05, 0) is 18.8 Å². The van der Waals surface area contributed by atoms with Crippen molar-refractivity contribution in [1.29, 1.82) is 0 Å². The number of rotatable bonds is 5. The number of nitrogens with one attached hydrogen (secondary N) is 1. The Morgan fingerprint density at radius 1 is 1.48 bits per heavy atom. The number of nitrogens with zero attached hydrogens (tertiary/aromatic N) is 4. The zero-order chi connectivity index (χ0) is 15.8. The maximum absolute atomic E-state index is 12.5. The van der Waals surface area contributed by atoms with Gasteiger partial charge in [-0.25, -0.2) is 4.98 Å².